The predicted molar refractivity (Wildman–Crippen MR) is 470 cm³/mol. The van der Waals surface area contributed by atoms with Crippen LogP contribution in [-0.2, 0) is 39.7 Å². The van der Waals surface area contributed by atoms with Crippen LogP contribution in [0.3, 0.4) is 0 Å². The Kier molecular flexibility index (Phi) is 26.4. The number of benzene rings is 4. The number of hydrogen-bond donors (Lipinski definition) is 2. The lowest BCUT2D eigenvalue weighted by Gasteiger charge is -2.33. The van der Waals surface area contributed by atoms with Crippen LogP contribution in [0.4, 0.5) is 4.79 Å². The SMILES string of the molecule is BrC1CCNCC1.CC(C)(C)OC(=O)N1CCC(c2cncc(-c3ccnc4c3-c3ccccc3C4)n2)CC1.CC1(C)OB(c2cncc(Cl)n2)OC1(C)C.Cl.Clc1cncc(-c2ccnc3c2-c2ccccc2C3)n1.Ic1ccnc2c1-c1ccccc1C2.c1ccc2c(c1)Cc1nccc(-c3cncc(C4CCNCC4)n3)c1-2. The summed E-state index contributed by atoms with van der Waals surface area (Å²) in [4.78, 5) is 68.8. The molecule has 0 saturated carbocycles. The minimum absolute atomic E-state index is 0. The van der Waals surface area contributed by atoms with Crippen molar-refractivity contribution < 1.29 is 18.8 Å². The molecule has 115 heavy (non-hydrogen) atoms. The lowest BCUT2D eigenvalue weighted by atomic mass is 9.85. The molecule has 0 atom stereocenters. The van der Waals surface area contributed by atoms with Crippen molar-refractivity contribution in [2.75, 3.05) is 39.3 Å². The number of pyridine rings is 4. The van der Waals surface area contributed by atoms with Gasteiger partial charge in [0.15, 0.2) is 0 Å². The molecule has 4 fully saturated rings. The first-order valence-corrected chi connectivity index (χ1v) is 41.8. The summed E-state index contributed by atoms with van der Waals surface area (Å²) >= 11 is 17.7. The fourth-order valence-corrected chi connectivity index (χ4v) is 17.2. The highest BCUT2D eigenvalue weighted by atomic mass is 127. The van der Waals surface area contributed by atoms with E-state index in [4.69, 9.17) is 47.2 Å². The summed E-state index contributed by atoms with van der Waals surface area (Å²) in [6.45, 7) is 19.5. The van der Waals surface area contributed by atoms with Gasteiger partial charge in [-0.1, -0.05) is 136 Å². The molecule has 12 heterocycles. The molecule has 4 aliphatic heterocycles. The van der Waals surface area contributed by atoms with Gasteiger partial charge in [0.25, 0.3) is 0 Å². The molecule has 8 aromatic heterocycles. The maximum Gasteiger partial charge on any atom is 0.516 e. The third-order valence-electron chi connectivity index (χ3n) is 22.1. The summed E-state index contributed by atoms with van der Waals surface area (Å²) in [5, 5.41) is 7.45. The minimum Gasteiger partial charge on any atom is -0.444 e. The number of nitrogens with zero attached hydrogens (tertiary/aromatic N) is 13. The summed E-state index contributed by atoms with van der Waals surface area (Å²) in [6.07, 6.45) is 31.3. The van der Waals surface area contributed by atoms with Gasteiger partial charge in [0.2, 0.25) is 0 Å². The molecule has 2 N–H and O–H groups in total. The largest absolute Gasteiger partial charge is 0.516 e. The zero-order chi connectivity index (χ0) is 79.1. The van der Waals surface area contributed by atoms with Crippen molar-refractivity contribution in [3.63, 3.8) is 0 Å². The number of carbonyl (C=O) groups excluding carboxylic acids is 1. The number of hydrogen-bond acceptors (Lipinski definition) is 18. The molecule has 20 rings (SSSR count). The van der Waals surface area contributed by atoms with Gasteiger partial charge in [-0.25, -0.2) is 24.7 Å². The van der Waals surface area contributed by atoms with Crippen LogP contribution in [0.25, 0.3) is 78.3 Å². The number of likely N-dealkylation sites (tertiary alicyclic amines) is 1. The van der Waals surface area contributed by atoms with E-state index in [-0.39, 0.29) is 35.6 Å². The highest BCUT2D eigenvalue weighted by Gasteiger charge is 2.52. The first kappa shape index (κ1) is 82.6. The van der Waals surface area contributed by atoms with Crippen molar-refractivity contribution >= 4 is 92.9 Å². The first-order chi connectivity index (χ1) is 55.2. The van der Waals surface area contributed by atoms with Gasteiger partial charge in [0.05, 0.1) is 99.0 Å². The molecule has 4 saturated heterocycles. The number of nitrogens with one attached hydrogen (secondary N) is 2. The highest BCUT2D eigenvalue weighted by Crippen LogP contribution is 2.46. The number of aromatic nitrogens is 12. The van der Waals surface area contributed by atoms with Crippen molar-refractivity contribution in [3.05, 3.63) is 266 Å². The number of alkyl halides is 1. The van der Waals surface area contributed by atoms with Gasteiger partial charge in [-0.05, 0) is 205 Å². The number of rotatable bonds is 6. The summed E-state index contributed by atoms with van der Waals surface area (Å²) < 4.78 is 18.5. The molecule has 4 aromatic carbocycles. The third-order valence-corrected chi connectivity index (χ3v) is 24.3. The van der Waals surface area contributed by atoms with E-state index >= 15 is 0 Å². The van der Waals surface area contributed by atoms with Crippen molar-refractivity contribution in [2.45, 2.75) is 146 Å². The molecule has 12 aromatic rings. The molecule has 1 amide bonds. The Balaban J connectivity index is 0.000000119. The molecule has 0 unspecified atom stereocenters. The van der Waals surface area contributed by atoms with Crippen molar-refractivity contribution in [2.24, 2.45) is 0 Å². The Morgan fingerprint density at radius 2 is 0.843 bits per heavy atom. The second kappa shape index (κ2) is 36.7. The summed E-state index contributed by atoms with van der Waals surface area (Å²) in [5.41, 5.74) is 27.3. The minimum atomic E-state index is -0.504. The Bertz CT molecular complexity index is 5450. The zero-order valence-electron chi connectivity index (χ0n) is 65.5. The van der Waals surface area contributed by atoms with E-state index in [9.17, 15) is 4.79 Å². The predicted octanol–water partition coefficient (Wildman–Crippen LogP) is 18.8. The molecule has 0 bridgehead atoms. The van der Waals surface area contributed by atoms with E-state index in [1.54, 1.807) is 23.5 Å². The van der Waals surface area contributed by atoms with E-state index in [0.717, 1.165) is 137 Å². The second-order valence-corrected chi connectivity index (χ2v) is 34.7. The lowest BCUT2D eigenvalue weighted by molar-refractivity contribution is 0.00578. The van der Waals surface area contributed by atoms with Crippen LogP contribution in [0.1, 0.15) is 155 Å². The van der Waals surface area contributed by atoms with Gasteiger partial charge in [-0.2, -0.15) is 0 Å². The number of ether oxygens (including phenoxy) is 1. The maximum absolute atomic E-state index is 12.4. The standard InChI is InChI=1S/C26H28N4O2.C21H20N4.C16H10ClN3.C12H8IN.C10H14BClN2O2.C5H10BrN.ClH/c1-26(2,3)32-25(31)30-12-9-17(10-13-30)22-15-27-16-23(29-22)20-8-11-28-21-14-18-6-4-5-7-19(18)24(20)21;1-2-4-16-15(3-1)11-18-21(16)17(7-10-24-18)20-13-23-12-19(25-20)14-5-8-22-9-6-14;17-15-9-18-8-14(20-15)12-5-6-19-13-7-10-3-1-2-4-11(10)16(12)13;13-10-5-6-14-11-7-8-3-1-2-4-9(8)12(10)11;1-9(2)10(3,4)16-11(15-9)7-5-13-6-8(12)14-7;6-5-1-3-7-4-2-5;/h4-8,11,15-17H,9-10,12-14H2,1-3H3;1-4,7,10,12-14,22H,5-6,8-9,11H2;1-6,8-9H,7H2;1-6H,7H2;5-6H,1-4H3;5,7H,1-4H2;1H. The van der Waals surface area contributed by atoms with Crippen LogP contribution in [0.2, 0.25) is 10.3 Å². The molecule has 25 heteroatoms. The Labute approximate surface area is 711 Å². The summed E-state index contributed by atoms with van der Waals surface area (Å²) in [7, 11) is -0.504. The fraction of sp³-hybridized carbons (Fsp3) is 0.322. The normalized spacial score (nSPS) is 16.3. The maximum atomic E-state index is 12.4. The van der Waals surface area contributed by atoms with Crippen LogP contribution in [-0.4, -0.2) is 139 Å². The average molecular weight is 1770 g/mol. The number of amides is 1. The zero-order valence-corrected chi connectivity index (χ0v) is 71.5. The van der Waals surface area contributed by atoms with E-state index in [0.29, 0.717) is 34.9 Å². The van der Waals surface area contributed by atoms with Gasteiger partial charge in [-0.3, -0.25) is 39.9 Å². The molecule has 588 valence electrons. The monoisotopic (exact) mass is 1770 g/mol. The Morgan fingerprint density at radius 1 is 0.478 bits per heavy atom. The molecule has 0 spiro atoms. The van der Waals surface area contributed by atoms with Crippen molar-refractivity contribution in [3.8, 4) is 78.3 Å². The van der Waals surface area contributed by atoms with Gasteiger partial charge < -0.3 is 29.6 Å². The first-order valence-electron chi connectivity index (χ1n) is 39.1. The fourth-order valence-electron chi connectivity index (χ4n) is 15.7. The Morgan fingerprint density at radius 3 is 1.25 bits per heavy atom. The number of piperidine rings is 3. The molecule has 19 nitrogen and oxygen atoms in total. The Hall–Kier alpha value is -8.95. The van der Waals surface area contributed by atoms with Crippen LogP contribution in [0.15, 0.2) is 196 Å². The van der Waals surface area contributed by atoms with E-state index in [1.807, 2.05) is 116 Å². The molecular weight excluding hydrogens is 1680 g/mol. The quantitative estimate of drug-likeness (QED) is 0.0896. The van der Waals surface area contributed by atoms with Gasteiger partial charge in [0.1, 0.15) is 15.9 Å². The van der Waals surface area contributed by atoms with E-state index in [2.05, 4.69) is 202 Å². The second-order valence-electron chi connectivity index (χ2n) is 31.4. The van der Waals surface area contributed by atoms with E-state index in [1.165, 1.54) is 103 Å². The van der Waals surface area contributed by atoms with Crippen molar-refractivity contribution in [1.29, 1.82) is 0 Å². The average Bonchev–Trinajstić information content (AvgIpc) is 1.64. The van der Waals surface area contributed by atoms with Crippen molar-refractivity contribution in [1.82, 2.24) is 75.3 Å². The number of fused-ring (bicyclic) bond motifs is 12. The number of halogens is 5. The molecular formula is C90H91BBrCl3IN15O4. The highest BCUT2D eigenvalue weighted by molar-refractivity contribution is 14.1. The molecule has 4 aliphatic carbocycles. The lowest BCUT2D eigenvalue weighted by Crippen LogP contribution is -2.41. The van der Waals surface area contributed by atoms with Gasteiger partial charge >= 0.3 is 13.2 Å². The van der Waals surface area contributed by atoms with Crippen LogP contribution in [0, 0.1) is 3.57 Å². The van der Waals surface area contributed by atoms with Gasteiger partial charge in [-0.15, -0.1) is 12.4 Å². The topological polar surface area (TPSA) is 227 Å². The van der Waals surface area contributed by atoms with E-state index < -0.39 is 12.7 Å². The molecule has 8 aliphatic rings. The summed E-state index contributed by atoms with van der Waals surface area (Å²) in [6, 6.07) is 42.2. The third kappa shape index (κ3) is 19.2. The van der Waals surface area contributed by atoms with Crippen LogP contribution in [0.5, 0.6) is 0 Å². The smallest absolute Gasteiger partial charge is 0.444 e. The molecule has 0 radical (unpaired) electrons. The van der Waals surface area contributed by atoms with Crippen LogP contribution >= 0.6 is 74.1 Å². The summed E-state index contributed by atoms with van der Waals surface area (Å²) in [5.74, 6) is 0.791. The number of carbonyl (C=O) groups is 1. The van der Waals surface area contributed by atoms with Crippen LogP contribution < -0.4 is 16.2 Å². The van der Waals surface area contributed by atoms with Gasteiger partial charge in [0, 0.05) is 141 Å².